The van der Waals surface area contributed by atoms with Crippen molar-refractivity contribution >= 4 is 12.3 Å². The maximum Gasteiger partial charge on any atom is 0.309 e. The van der Waals surface area contributed by atoms with Crippen molar-refractivity contribution < 1.29 is 14.3 Å². The standard InChI is InChI=1S/C9H14O3/c1-3-6(2)12-9(11)8-4-7(8)5-10/h5-8H,3-4H2,1-2H3. The summed E-state index contributed by atoms with van der Waals surface area (Å²) >= 11 is 0. The molecule has 1 aliphatic rings. The van der Waals surface area contributed by atoms with E-state index in [4.69, 9.17) is 4.74 Å². The zero-order chi connectivity index (χ0) is 9.14. The minimum absolute atomic E-state index is 0.0228. The molecule has 1 fully saturated rings. The van der Waals surface area contributed by atoms with E-state index in [9.17, 15) is 9.59 Å². The minimum atomic E-state index is -0.207. The molecule has 3 unspecified atom stereocenters. The lowest BCUT2D eigenvalue weighted by molar-refractivity contribution is -0.150. The number of hydrogen-bond acceptors (Lipinski definition) is 3. The normalized spacial score (nSPS) is 29.2. The van der Waals surface area contributed by atoms with E-state index in [1.165, 1.54) is 0 Å². The smallest absolute Gasteiger partial charge is 0.309 e. The van der Waals surface area contributed by atoms with Crippen molar-refractivity contribution in [3.8, 4) is 0 Å². The Labute approximate surface area is 72.1 Å². The van der Waals surface area contributed by atoms with Gasteiger partial charge in [-0.3, -0.25) is 4.79 Å². The molecule has 0 N–H and O–H groups in total. The first-order valence-electron chi connectivity index (χ1n) is 4.34. The van der Waals surface area contributed by atoms with Crippen LogP contribution < -0.4 is 0 Å². The van der Waals surface area contributed by atoms with E-state index in [1.807, 2.05) is 13.8 Å². The average molecular weight is 170 g/mol. The van der Waals surface area contributed by atoms with Crippen molar-refractivity contribution in [2.24, 2.45) is 11.8 Å². The molecule has 0 aromatic heterocycles. The molecule has 12 heavy (non-hydrogen) atoms. The fourth-order valence-electron chi connectivity index (χ4n) is 1.01. The number of aldehydes is 1. The van der Waals surface area contributed by atoms with Crippen molar-refractivity contribution in [2.75, 3.05) is 0 Å². The number of rotatable bonds is 4. The number of hydrogen-bond donors (Lipinski definition) is 0. The minimum Gasteiger partial charge on any atom is -0.462 e. The van der Waals surface area contributed by atoms with Gasteiger partial charge in [0.1, 0.15) is 6.29 Å². The highest BCUT2D eigenvalue weighted by atomic mass is 16.5. The zero-order valence-electron chi connectivity index (χ0n) is 7.45. The number of carbonyl (C=O) groups excluding carboxylic acids is 2. The van der Waals surface area contributed by atoms with Crippen LogP contribution in [0.5, 0.6) is 0 Å². The van der Waals surface area contributed by atoms with Crippen LogP contribution in [0.15, 0.2) is 0 Å². The van der Waals surface area contributed by atoms with E-state index >= 15 is 0 Å². The molecule has 3 atom stereocenters. The fraction of sp³-hybridized carbons (Fsp3) is 0.778. The molecule has 3 heteroatoms. The molecule has 0 bridgehead atoms. The second-order valence-corrected chi connectivity index (χ2v) is 3.30. The average Bonchev–Trinajstić information content (AvgIpc) is 2.82. The van der Waals surface area contributed by atoms with Crippen LogP contribution >= 0.6 is 0 Å². The maximum absolute atomic E-state index is 11.2. The summed E-state index contributed by atoms with van der Waals surface area (Å²) in [5, 5.41) is 0. The summed E-state index contributed by atoms with van der Waals surface area (Å²) in [6.07, 6.45) is 2.32. The van der Waals surface area contributed by atoms with Crippen molar-refractivity contribution in [1.29, 1.82) is 0 Å². The third-order valence-corrected chi connectivity index (χ3v) is 2.21. The molecule has 0 aromatic carbocycles. The summed E-state index contributed by atoms with van der Waals surface area (Å²) in [4.78, 5) is 21.4. The molecular formula is C9H14O3. The lowest BCUT2D eigenvalue weighted by Gasteiger charge is -2.09. The van der Waals surface area contributed by atoms with Crippen LogP contribution in [0.25, 0.3) is 0 Å². The highest BCUT2D eigenvalue weighted by Crippen LogP contribution is 2.37. The number of carbonyl (C=O) groups is 2. The van der Waals surface area contributed by atoms with Gasteiger partial charge in [-0.1, -0.05) is 6.92 Å². The van der Waals surface area contributed by atoms with Crippen molar-refractivity contribution in [3.63, 3.8) is 0 Å². The Morgan fingerprint density at radius 2 is 2.42 bits per heavy atom. The van der Waals surface area contributed by atoms with Crippen molar-refractivity contribution in [2.45, 2.75) is 32.8 Å². The molecule has 1 saturated carbocycles. The Bertz CT molecular complexity index is 188. The van der Waals surface area contributed by atoms with Gasteiger partial charge in [0.05, 0.1) is 12.0 Å². The molecule has 0 aliphatic heterocycles. The largest absolute Gasteiger partial charge is 0.462 e. The summed E-state index contributed by atoms with van der Waals surface area (Å²) in [6.45, 7) is 3.82. The van der Waals surface area contributed by atoms with E-state index < -0.39 is 0 Å². The number of esters is 1. The van der Waals surface area contributed by atoms with Crippen molar-refractivity contribution in [3.05, 3.63) is 0 Å². The van der Waals surface area contributed by atoms with E-state index in [0.717, 1.165) is 12.7 Å². The summed E-state index contributed by atoms with van der Waals surface area (Å²) in [5.41, 5.74) is 0. The number of ether oxygens (including phenoxy) is 1. The van der Waals surface area contributed by atoms with E-state index in [-0.39, 0.29) is 23.9 Å². The van der Waals surface area contributed by atoms with Crippen molar-refractivity contribution in [1.82, 2.24) is 0 Å². The third-order valence-electron chi connectivity index (χ3n) is 2.21. The van der Waals surface area contributed by atoms with Gasteiger partial charge in [0.25, 0.3) is 0 Å². The molecule has 68 valence electrons. The lowest BCUT2D eigenvalue weighted by atomic mass is 10.3. The van der Waals surface area contributed by atoms with Crippen LogP contribution in [0, 0.1) is 11.8 Å². The molecule has 1 aliphatic carbocycles. The topological polar surface area (TPSA) is 43.4 Å². The molecule has 0 radical (unpaired) electrons. The van der Waals surface area contributed by atoms with E-state index in [0.29, 0.717) is 6.42 Å². The van der Waals surface area contributed by atoms with Gasteiger partial charge in [0, 0.05) is 5.92 Å². The van der Waals surface area contributed by atoms with E-state index in [2.05, 4.69) is 0 Å². The van der Waals surface area contributed by atoms with Gasteiger partial charge in [-0.25, -0.2) is 0 Å². The third kappa shape index (κ3) is 2.06. The van der Waals surface area contributed by atoms with E-state index in [1.54, 1.807) is 0 Å². The Balaban J connectivity index is 2.26. The van der Waals surface area contributed by atoms with Gasteiger partial charge >= 0.3 is 5.97 Å². The molecule has 0 saturated heterocycles. The van der Waals surface area contributed by atoms with Crippen LogP contribution in [-0.4, -0.2) is 18.4 Å². The summed E-state index contributed by atoms with van der Waals surface area (Å²) in [7, 11) is 0. The molecule has 0 heterocycles. The predicted octanol–water partition coefficient (Wildman–Crippen LogP) is 1.16. The summed E-state index contributed by atoms with van der Waals surface area (Å²) in [6, 6.07) is 0. The lowest BCUT2D eigenvalue weighted by Crippen LogP contribution is -2.16. The Morgan fingerprint density at radius 1 is 1.75 bits per heavy atom. The predicted molar refractivity (Wildman–Crippen MR) is 43.5 cm³/mol. The molecule has 1 rings (SSSR count). The van der Waals surface area contributed by atoms with Gasteiger partial charge in [-0.2, -0.15) is 0 Å². The highest BCUT2D eigenvalue weighted by molar-refractivity contribution is 5.81. The molecular weight excluding hydrogens is 156 g/mol. The first kappa shape index (κ1) is 9.23. The molecule has 3 nitrogen and oxygen atoms in total. The molecule has 0 spiro atoms. The van der Waals surface area contributed by atoms with Gasteiger partial charge in [-0.05, 0) is 19.8 Å². The first-order valence-corrected chi connectivity index (χ1v) is 4.34. The van der Waals surface area contributed by atoms with Crippen LogP contribution in [0.2, 0.25) is 0 Å². The SMILES string of the molecule is CCC(C)OC(=O)C1CC1C=O. The van der Waals surface area contributed by atoms with Crippen LogP contribution in [0.3, 0.4) is 0 Å². The summed E-state index contributed by atoms with van der Waals surface area (Å²) in [5.74, 6) is -0.417. The van der Waals surface area contributed by atoms with Crippen LogP contribution in [0.4, 0.5) is 0 Å². The Kier molecular flexibility index (Phi) is 2.84. The molecule has 0 amide bonds. The monoisotopic (exact) mass is 170 g/mol. The highest BCUT2D eigenvalue weighted by Gasteiger charge is 2.44. The summed E-state index contributed by atoms with van der Waals surface area (Å²) < 4.78 is 5.06. The fourth-order valence-corrected chi connectivity index (χ4v) is 1.01. The van der Waals surface area contributed by atoms with Gasteiger partial charge < -0.3 is 9.53 Å². The van der Waals surface area contributed by atoms with Gasteiger partial charge in [0.2, 0.25) is 0 Å². The second-order valence-electron chi connectivity index (χ2n) is 3.30. The second kappa shape index (κ2) is 3.70. The van der Waals surface area contributed by atoms with Crippen LogP contribution in [0.1, 0.15) is 26.7 Å². The quantitative estimate of drug-likeness (QED) is 0.469. The first-order chi connectivity index (χ1) is 5.69. The van der Waals surface area contributed by atoms with Gasteiger partial charge in [-0.15, -0.1) is 0 Å². The molecule has 0 aromatic rings. The Morgan fingerprint density at radius 3 is 2.83 bits per heavy atom. The zero-order valence-corrected chi connectivity index (χ0v) is 7.45. The Hall–Kier alpha value is -0.860. The van der Waals surface area contributed by atoms with Gasteiger partial charge in [0.15, 0.2) is 0 Å². The van der Waals surface area contributed by atoms with Crippen LogP contribution in [-0.2, 0) is 14.3 Å². The maximum atomic E-state index is 11.2.